The highest BCUT2D eigenvalue weighted by atomic mass is 19.1. The minimum atomic E-state index is -0.327. The predicted molar refractivity (Wildman–Crippen MR) is 119 cm³/mol. The number of fused-ring (bicyclic) bond motifs is 1. The molecule has 2 heterocycles. The highest BCUT2D eigenvalue weighted by Gasteiger charge is 2.21. The number of benzene rings is 2. The number of hydrogen-bond donors (Lipinski definition) is 0. The molecule has 2 aromatic carbocycles. The molecule has 6 nitrogen and oxygen atoms in total. The van der Waals surface area contributed by atoms with Gasteiger partial charge in [-0.3, -0.25) is 20.0 Å². The van der Waals surface area contributed by atoms with Crippen molar-refractivity contribution in [2.45, 2.75) is 25.9 Å². The molecule has 1 fully saturated rings. The van der Waals surface area contributed by atoms with Gasteiger partial charge in [0, 0.05) is 55.4 Å². The van der Waals surface area contributed by atoms with Gasteiger partial charge in [-0.1, -0.05) is 24.3 Å². The average Bonchev–Trinajstić information content (AvgIpc) is 2.76. The Hall–Kier alpha value is -3.32. The summed E-state index contributed by atoms with van der Waals surface area (Å²) in [6.45, 7) is 5.66. The van der Waals surface area contributed by atoms with Crippen LogP contribution in [0.15, 0.2) is 67.0 Å². The molecule has 4 rings (SSSR count). The van der Waals surface area contributed by atoms with Crippen LogP contribution in [0, 0.1) is 15.9 Å². The number of piperazine rings is 1. The van der Waals surface area contributed by atoms with E-state index in [0.717, 1.165) is 42.6 Å². The smallest absolute Gasteiger partial charge is 0.273 e. The Morgan fingerprint density at radius 1 is 1.23 bits per heavy atom. The Kier molecular flexibility index (Phi) is 6.23. The number of rotatable bonds is 6. The fourth-order valence-electron chi connectivity index (χ4n) is 4.06. The van der Waals surface area contributed by atoms with Gasteiger partial charge in [0.2, 0.25) is 0 Å². The van der Waals surface area contributed by atoms with Crippen molar-refractivity contribution >= 4 is 16.6 Å². The lowest BCUT2D eigenvalue weighted by Crippen LogP contribution is -2.49. The molecule has 1 aromatic heterocycles. The first kappa shape index (κ1) is 20.9. The van der Waals surface area contributed by atoms with Crippen molar-refractivity contribution < 1.29 is 9.31 Å². The normalized spacial score (nSPS) is 17.5. The largest absolute Gasteiger partial charge is 0.372 e. The summed E-state index contributed by atoms with van der Waals surface area (Å²) >= 11 is 0. The molecular formula is C24H25FN4O2. The maximum atomic E-state index is 13.1. The van der Waals surface area contributed by atoms with Gasteiger partial charge in [0.05, 0.1) is 10.4 Å². The van der Waals surface area contributed by atoms with E-state index in [9.17, 15) is 14.5 Å². The predicted octanol–water partition coefficient (Wildman–Crippen LogP) is 4.54. The molecule has 0 N–H and O–H groups in total. The third kappa shape index (κ3) is 5.06. The molecule has 1 aliphatic heterocycles. The molecule has 0 spiro atoms. The zero-order chi connectivity index (χ0) is 21.8. The van der Waals surface area contributed by atoms with Crippen LogP contribution in [0.2, 0.25) is 0 Å². The van der Waals surface area contributed by atoms with E-state index in [0.29, 0.717) is 18.0 Å². The number of nitro benzene ring substituents is 1. The lowest BCUT2D eigenvalue weighted by atomic mass is 10.1. The van der Waals surface area contributed by atoms with E-state index in [1.807, 2.05) is 36.5 Å². The summed E-state index contributed by atoms with van der Waals surface area (Å²) in [7, 11) is 0. The first-order valence-electron chi connectivity index (χ1n) is 10.4. The van der Waals surface area contributed by atoms with Crippen LogP contribution in [0.4, 0.5) is 10.1 Å². The first-order valence-corrected chi connectivity index (χ1v) is 10.4. The van der Waals surface area contributed by atoms with Crippen LogP contribution in [-0.4, -0.2) is 45.4 Å². The molecule has 1 atom stereocenters. The Balaban J connectivity index is 1.39. The fourth-order valence-corrected chi connectivity index (χ4v) is 4.06. The van der Waals surface area contributed by atoms with Crippen LogP contribution in [0.1, 0.15) is 18.1 Å². The molecule has 7 heteroatoms. The van der Waals surface area contributed by atoms with Crippen LogP contribution in [0.5, 0.6) is 0 Å². The molecule has 0 amide bonds. The molecule has 1 aliphatic rings. The Morgan fingerprint density at radius 3 is 2.77 bits per heavy atom. The second-order valence-electron chi connectivity index (χ2n) is 7.97. The molecule has 31 heavy (non-hydrogen) atoms. The standard InChI is InChI=1S/C24H25FN4O2/c1-18-16-27(17-19-6-8-22(25)9-7-19)12-13-28(18)11-3-5-21-14-23-20(4-2-10-26-23)15-24(21)29(30)31/h2-4,6-11,14-15,18H,5,12-13,16-17H2,1H3/b11-3+/t18-/m1/s1. The van der Waals surface area contributed by atoms with E-state index in [2.05, 4.69) is 21.7 Å². The van der Waals surface area contributed by atoms with Crippen LogP contribution in [0.25, 0.3) is 10.9 Å². The summed E-state index contributed by atoms with van der Waals surface area (Å²) in [5, 5.41) is 12.3. The van der Waals surface area contributed by atoms with Crippen molar-refractivity contribution in [3.8, 4) is 0 Å². The van der Waals surface area contributed by atoms with Gasteiger partial charge in [-0.05, 0) is 49.4 Å². The molecule has 0 saturated carbocycles. The van der Waals surface area contributed by atoms with Crippen LogP contribution < -0.4 is 0 Å². The fraction of sp³-hybridized carbons (Fsp3) is 0.292. The van der Waals surface area contributed by atoms with Gasteiger partial charge in [-0.2, -0.15) is 0 Å². The summed E-state index contributed by atoms with van der Waals surface area (Å²) in [4.78, 5) is 20.1. The monoisotopic (exact) mass is 420 g/mol. The quantitative estimate of drug-likeness (QED) is 0.433. The summed E-state index contributed by atoms with van der Waals surface area (Å²) in [6.07, 6.45) is 6.21. The van der Waals surface area contributed by atoms with Gasteiger partial charge in [0.25, 0.3) is 5.69 Å². The van der Waals surface area contributed by atoms with Gasteiger partial charge in [0.1, 0.15) is 5.82 Å². The van der Waals surface area contributed by atoms with Gasteiger partial charge in [-0.15, -0.1) is 0 Å². The van der Waals surface area contributed by atoms with Crippen molar-refractivity contribution in [1.82, 2.24) is 14.8 Å². The molecule has 160 valence electrons. The van der Waals surface area contributed by atoms with E-state index in [-0.39, 0.29) is 16.4 Å². The first-order chi connectivity index (χ1) is 15.0. The number of aromatic nitrogens is 1. The summed E-state index contributed by atoms with van der Waals surface area (Å²) in [5.74, 6) is -0.213. The second-order valence-corrected chi connectivity index (χ2v) is 7.97. The SMILES string of the molecule is C[C@@H]1CN(Cc2ccc(F)cc2)CCN1/C=C/Cc1cc2ncccc2cc1[N+](=O)[O-]. The molecule has 1 saturated heterocycles. The zero-order valence-corrected chi connectivity index (χ0v) is 17.4. The highest BCUT2D eigenvalue weighted by Crippen LogP contribution is 2.25. The minimum Gasteiger partial charge on any atom is -0.372 e. The van der Waals surface area contributed by atoms with Crippen LogP contribution in [0.3, 0.4) is 0 Å². The van der Waals surface area contributed by atoms with E-state index in [1.54, 1.807) is 18.3 Å². The van der Waals surface area contributed by atoms with Gasteiger partial charge in [0.15, 0.2) is 0 Å². The zero-order valence-electron chi connectivity index (χ0n) is 17.4. The summed E-state index contributed by atoms with van der Waals surface area (Å²) in [5.41, 5.74) is 2.66. The van der Waals surface area contributed by atoms with Gasteiger partial charge >= 0.3 is 0 Å². The number of nitrogens with zero attached hydrogens (tertiary/aromatic N) is 4. The van der Waals surface area contributed by atoms with Crippen LogP contribution >= 0.6 is 0 Å². The number of nitro groups is 1. The van der Waals surface area contributed by atoms with Gasteiger partial charge in [-0.25, -0.2) is 4.39 Å². The van der Waals surface area contributed by atoms with Crippen molar-refractivity contribution in [1.29, 1.82) is 0 Å². The topological polar surface area (TPSA) is 62.5 Å². The Labute approximate surface area is 180 Å². The molecule has 3 aromatic rings. The second kappa shape index (κ2) is 9.22. The molecule has 0 unspecified atom stereocenters. The van der Waals surface area contributed by atoms with E-state index >= 15 is 0 Å². The lowest BCUT2D eigenvalue weighted by Gasteiger charge is -2.39. The molecular weight excluding hydrogens is 395 g/mol. The van der Waals surface area contributed by atoms with Crippen LogP contribution in [-0.2, 0) is 13.0 Å². The number of allylic oxidation sites excluding steroid dienone is 1. The maximum Gasteiger partial charge on any atom is 0.273 e. The molecule has 0 radical (unpaired) electrons. The Bertz CT molecular complexity index is 1100. The average molecular weight is 420 g/mol. The Morgan fingerprint density at radius 2 is 2.03 bits per heavy atom. The summed E-state index contributed by atoms with van der Waals surface area (Å²) < 4.78 is 13.1. The third-order valence-electron chi connectivity index (χ3n) is 5.72. The molecule has 0 bridgehead atoms. The van der Waals surface area contributed by atoms with Gasteiger partial charge < -0.3 is 4.90 Å². The third-order valence-corrected chi connectivity index (χ3v) is 5.72. The van der Waals surface area contributed by atoms with E-state index in [4.69, 9.17) is 0 Å². The van der Waals surface area contributed by atoms with Crippen molar-refractivity contribution in [2.24, 2.45) is 0 Å². The van der Waals surface area contributed by atoms with E-state index in [1.165, 1.54) is 12.1 Å². The number of halogens is 1. The van der Waals surface area contributed by atoms with E-state index < -0.39 is 0 Å². The van der Waals surface area contributed by atoms with Crippen molar-refractivity contribution in [3.63, 3.8) is 0 Å². The highest BCUT2D eigenvalue weighted by molar-refractivity contribution is 5.82. The van der Waals surface area contributed by atoms with Crippen molar-refractivity contribution in [3.05, 3.63) is 94.1 Å². The molecule has 0 aliphatic carbocycles. The summed E-state index contributed by atoms with van der Waals surface area (Å²) in [6, 6.07) is 14.0. The minimum absolute atomic E-state index is 0.127. The lowest BCUT2D eigenvalue weighted by molar-refractivity contribution is -0.385. The maximum absolute atomic E-state index is 13.1. The van der Waals surface area contributed by atoms with Crippen molar-refractivity contribution in [2.75, 3.05) is 19.6 Å². The number of hydrogen-bond acceptors (Lipinski definition) is 5. The number of pyridine rings is 1.